The third-order valence-electron chi connectivity index (χ3n) is 5.63. The van der Waals surface area contributed by atoms with Crippen LogP contribution in [0.25, 0.3) is 16.9 Å². The summed E-state index contributed by atoms with van der Waals surface area (Å²) in [6, 6.07) is 21.9. The molecule has 0 fully saturated rings. The zero-order valence-corrected chi connectivity index (χ0v) is 20.7. The van der Waals surface area contributed by atoms with Crippen molar-refractivity contribution in [2.75, 3.05) is 37.4 Å². The van der Waals surface area contributed by atoms with E-state index in [1.165, 1.54) is 47.0 Å². The van der Waals surface area contributed by atoms with Gasteiger partial charge in [-0.1, -0.05) is 42.5 Å². The van der Waals surface area contributed by atoms with E-state index in [9.17, 15) is 18.4 Å². The van der Waals surface area contributed by atoms with Crippen LogP contribution in [-0.4, -0.2) is 53.4 Å². The van der Waals surface area contributed by atoms with E-state index in [1.54, 1.807) is 24.3 Å². The van der Waals surface area contributed by atoms with Crippen molar-refractivity contribution in [1.29, 1.82) is 0 Å². The number of hydrogen-bond acceptors (Lipinski definition) is 4. The molecule has 196 valence electrons. The van der Waals surface area contributed by atoms with Crippen LogP contribution in [0.5, 0.6) is 0 Å². The Balaban J connectivity index is 1.55. The highest BCUT2D eigenvalue weighted by molar-refractivity contribution is 5.97. The number of nitrogens with one attached hydrogen (secondary N) is 2. The maximum absolute atomic E-state index is 14.1. The van der Waals surface area contributed by atoms with Gasteiger partial charge in [-0.25, -0.2) is 18.3 Å². The predicted molar refractivity (Wildman–Crippen MR) is 141 cm³/mol. The largest absolute Gasteiger partial charge is 0.385 e. The number of anilines is 2. The molecule has 0 unspecified atom stereocenters. The molecule has 0 radical (unpaired) electrons. The van der Waals surface area contributed by atoms with Crippen LogP contribution in [0.15, 0.2) is 84.9 Å². The number of amides is 3. The highest BCUT2D eigenvalue weighted by Gasteiger charge is 2.20. The van der Waals surface area contributed by atoms with Crippen LogP contribution >= 0.6 is 0 Å². The van der Waals surface area contributed by atoms with Gasteiger partial charge in [0.1, 0.15) is 24.0 Å². The molecule has 0 saturated heterocycles. The van der Waals surface area contributed by atoms with Crippen LogP contribution < -0.4 is 10.6 Å². The zero-order chi connectivity index (χ0) is 26.9. The zero-order valence-electron chi connectivity index (χ0n) is 20.7. The van der Waals surface area contributed by atoms with E-state index >= 15 is 0 Å². The Kier molecular flexibility index (Phi) is 8.78. The summed E-state index contributed by atoms with van der Waals surface area (Å²) in [4.78, 5) is 27.3. The standard InChI is InChI=1S/C28H27F2N5O3/c1-38-17-7-16-34(28(37)31-24-11-6-5-10-23(24)30)19-27(36)32-26-18-25(20-8-3-2-4-9-20)33-35(26)22-14-12-21(29)13-15-22/h2-6,8-15,18H,7,16-17,19H2,1H3,(H,31,37)(H,32,36). The molecule has 2 N–H and O–H groups in total. The second-order valence-electron chi connectivity index (χ2n) is 8.40. The van der Waals surface area contributed by atoms with Crippen LogP contribution in [0, 0.1) is 11.6 Å². The average Bonchev–Trinajstić information content (AvgIpc) is 3.34. The molecule has 38 heavy (non-hydrogen) atoms. The molecule has 0 spiro atoms. The van der Waals surface area contributed by atoms with Gasteiger partial charge in [0.15, 0.2) is 0 Å². The minimum absolute atomic E-state index is 0.0107. The van der Waals surface area contributed by atoms with Gasteiger partial charge in [-0.3, -0.25) is 4.79 Å². The first kappa shape index (κ1) is 26.5. The Hall–Kier alpha value is -4.57. The number of benzene rings is 3. The van der Waals surface area contributed by atoms with E-state index < -0.39 is 23.6 Å². The lowest BCUT2D eigenvalue weighted by Crippen LogP contribution is -2.41. The molecule has 0 aliphatic carbocycles. The Morgan fingerprint density at radius 1 is 0.947 bits per heavy atom. The van der Waals surface area contributed by atoms with Gasteiger partial charge in [-0.2, -0.15) is 5.10 Å². The number of aromatic nitrogens is 2. The molecule has 3 amide bonds. The number of carbonyl (C=O) groups is 2. The molecule has 0 aliphatic rings. The van der Waals surface area contributed by atoms with Crippen molar-refractivity contribution in [2.24, 2.45) is 0 Å². The van der Waals surface area contributed by atoms with Crippen LogP contribution in [0.3, 0.4) is 0 Å². The number of para-hydroxylation sites is 1. The summed E-state index contributed by atoms with van der Waals surface area (Å²) in [6.45, 7) is 0.274. The number of hydrogen-bond donors (Lipinski definition) is 2. The summed E-state index contributed by atoms with van der Waals surface area (Å²) in [5.74, 6) is -1.14. The van der Waals surface area contributed by atoms with Gasteiger partial charge in [0.2, 0.25) is 5.91 Å². The average molecular weight is 520 g/mol. The minimum atomic E-state index is -0.627. The van der Waals surface area contributed by atoms with Crippen molar-refractivity contribution < 1.29 is 23.1 Å². The van der Waals surface area contributed by atoms with Crippen LogP contribution in [0.1, 0.15) is 6.42 Å². The second-order valence-corrected chi connectivity index (χ2v) is 8.40. The van der Waals surface area contributed by atoms with Gasteiger partial charge >= 0.3 is 6.03 Å². The molecule has 4 aromatic rings. The molecule has 0 aliphatic heterocycles. The molecule has 8 nitrogen and oxygen atoms in total. The van der Waals surface area contributed by atoms with Crippen LogP contribution in [-0.2, 0) is 9.53 Å². The Morgan fingerprint density at radius 2 is 1.66 bits per heavy atom. The first-order chi connectivity index (χ1) is 18.4. The van der Waals surface area contributed by atoms with E-state index in [-0.39, 0.29) is 18.8 Å². The second kappa shape index (κ2) is 12.6. The molecule has 3 aromatic carbocycles. The van der Waals surface area contributed by atoms with Crippen molar-refractivity contribution in [3.8, 4) is 16.9 Å². The Morgan fingerprint density at radius 3 is 2.37 bits per heavy atom. The number of urea groups is 1. The number of ether oxygens (including phenoxy) is 1. The maximum atomic E-state index is 14.1. The van der Waals surface area contributed by atoms with E-state index in [2.05, 4.69) is 15.7 Å². The van der Waals surface area contributed by atoms with Crippen LogP contribution in [0.4, 0.5) is 25.1 Å². The van der Waals surface area contributed by atoms with Crippen molar-refractivity contribution >= 4 is 23.4 Å². The number of carbonyl (C=O) groups excluding carboxylic acids is 2. The number of halogens is 2. The first-order valence-corrected chi connectivity index (χ1v) is 12.0. The van der Waals surface area contributed by atoms with Gasteiger partial charge < -0.3 is 20.3 Å². The van der Waals surface area contributed by atoms with E-state index in [1.807, 2.05) is 30.3 Å². The first-order valence-electron chi connectivity index (χ1n) is 12.0. The fourth-order valence-corrected chi connectivity index (χ4v) is 3.76. The van der Waals surface area contributed by atoms with Crippen molar-refractivity contribution in [3.63, 3.8) is 0 Å². The molecule has 0 bridgehead atoms. The maximum Gasteiger partial charge on any atom is 0.322 e. The van der Waals surface area contributed by atoms with E-state index in [4.69, 9.17) is 4.74 Å². The summed E-state index contributed by atoms with van der Waals surface area (Å²) < 4.78 is 34.2. The summed E-state index contributed by atoms with van der Waals surface area (Å²) in [7, 11) is 1.54. The monoisotopic (exact) mass is 519 g/mol. The lowest BCUT2D eigenvalue weighted by Gasteiger charge is -2.23. The number of nitrogens with zero attached hydrogens (tertiary/aromatic N) is 3. The van der Waals surface area contributed by atoms with Gasteiger partial charge in [0.25, 0.3) is 0 Å². The predicted octanol–water partition coefficient (Wildman–Crippen LogP) is 5.33. The van der Waals surface area contributed by atoms with Crippen molar-refractivity contribution in [1.82, 2.24) is 14.7 Å². The van der Waals surface area contributed by atoms with Crippen molar-refractivity contribution in [3.05, 3.63) is 96.6 Å². The van der Waals surface area contributed by atoms with Gasteiger partial charge in [0.05, 0.1) is 17.1 Å². The lowest BCUT2D eigenvalue weighted by molar-refractivity contribution is -0.116. The third kappa shape index (κ3) is 6.80. The molecule has 1 heterocycles. The normalized spacial score (nSPS) is 10.7. The Labute approximate surface area is 218 Å². The fraction of sp³-hybridized carbons (Fsp3) is 0.179. The molecule has 0 atom stereocenters. The summed E-state index contributed by atoms with van der Waals surface area (Å²) in [6.07, 6.45) is 0.472. The molecule has 4 rings (SSSR count). The summed E-state index contributed by atoms with van der Waals surface area (Å²) in [5, 5.41) is 9.92. The molecule has 10 heteroatoms. The highest BCUT2D eigenvalue weighted by atomic mass is 19.1. The SMILES string of the molecule is COCCCN(CC(=O)Nc1cc(-c2ccccc2)nn1-c1ccc(F)cc1)C(=O)Nc1ccccc1F. The van der Waals surface area contributed by atoms with Crippen LogP contribution in [0.2, 0.25) is 0 Å². The van der Waals surface area contributed by atoms with Gasteiger partial charge in [-0.15, -0.1) is 0 Å². The smallest absolute Gasteiger partial charge is 0.322 e. The van der Waals surface area contributed by atoms with Crippen molar-refractivity contribution in [2.45, 2.75) is 6.42 Å². The molecule has 1 aromatic heterocycles. The van der Waals surface area contributed by atoms with E-state index in [0.29, 0.717) is 30.2 Å². The number of methoxy groups -OCH3 is 1. The summed E-state index contributed by atoms with van der Waals surface area (Å²) >= 11 is 0. The molecular formula is C28H27F2N5O3. The number of rotatable bonds is 10. The third-order valence-corrected chi connectivity index (χ3v) is 5.63. The quantitative estimate of drug-likeness (QED) is 0.277. The van der Waals surface area contributed by atoms with Gasteiger partial charge in [0, 0.05) is 31.9 Å². The fourth-order valence-electron chi connectivity index (χ4n) is 3.76. The lowest BCUT2D eigenvalue weighted by atomic mass is 10.1. The Bertz CT molecular complexity index is 1380. The van der Waals surface area contributed by atoms with Gasteiger partial charge in [-0.05, 0) is 42.8 Å². The minimum Gasteiger partial charge on any atom is -0.385 e. The van der Waals surface area contributed by atoms with E-state index in [0.717, 1.165) is 5.56 Å². The topological polar surface area (TPSA) is 88.5 Å². The summed E-state index contributed by atoms with van der Waals surface area (Å²) in [5.41, 5.74) is 1.98. The molecular weight excluding hydrogens is 492 g/mol. The highest BCUT2D eigenvalue weighted by Crippen LogP contribution is 2.25. The molecule has 0 saturated carbocycles.